The number of hydrogen-bond donors (Lipinski definition) is 0. The Morgan fingerprint density at radius 2 is 1.86 bits per heavy atom. The average molecular weight is 229 g/mol. The Kier molecular flexibility index (Phi) is 2.37. The molecule has 0 bridgehead atoms. The molecule has 0 saturated carbocycles. The Hall–Kier alpha value is -0.800. The van der Waals surface area contributed by atoms with Crippen LogP contribution < -0.4 is 0 Å². The Morgan fingerprint density at radius 1 is 1.21 bits per heavy atom. The van der Waals surface area contributed by atoms with Crippen LogP contribution in [0.3, 0.4) is 0 Å². The lowest BCUT2D eigenvalue weighted by Gasteiger charge is -2.05. The van der Waals surface area contributed by atoms with Gasteiger partial charge in [-0.2, -0.15) is 0 Å². The molecular weight excluding hydrogens is 220 g/mol. The van der Waals surface area contributed by atoms with Crippen LogP contribution in [-0.2, 0) is 9.84 Å². The van der Waals surface area contributed by atoms with E-state index in [1.807, 2.05) is 30.3 Å². The van der Waals surface area contributed by atoms with Crippen molar-refractivity contribution in [3.05, 3.63) is 46.3 Å². The van der Waals surface area contributed by atoms with Crippen LogP contribution in [0.4, 0.5) is 0 Å². The fourth-order valence-corrected chi connectivity index (χ4v) is 3.15. The molecule has 4 heteroatoms. The number of hydrogen-bond acceptors (Lipinski definition) is 2. The van der Waals surface area contributed by atoms with Crippen molar-refractivity contribution in [2.75, 3.05) is 5.75 Å². The second kappa shape index (κ2) is 3.41. The van der Waals surface area contributed by atoms with Gasteiger partial charge in [0, 0.05) is 5.92 Å². The molecule has 1 aliphatic heterocycles. The van der Waals surface area contributed by atoms with Crippen LogP contribution in [0.5, 0.6) is 0 Å². The Morgan fingerprint density at radius 3 is 2.36 bits per heavy atom. The van der Waals surface area contributed by atoms with Gasteiger partial charge in [-0.15, -0.1) is 0 Å². The van der Waals surface area contributed by atoms with E-state index in [0.717, 1.165) is 5.56 Å². The van der Waals surface area contributed by atoms with Crippen LogP contribution in [0.2, 0.25) is 0 Å². The molecule has 0 fully saturated rings. The third kappa shape index (κ3) is 1.70. The molecule has 0 aromatic heterocycles. The lowest BCUT2D eigenvalue weighted by molar-refractivity contribution is 0.604. The van der Waals surface area contributed by atoms with Crippen LogP contribution in [0.25, 0.3) is 0 Å². The van der Waals surface area contributed by atoms with Crippen molar-refractivity contribution in [1.29, 1.82) is 0 Å². The van der Waals surface area contributed by atoms with Gasteiger partial charge in [0.1, 0.15) is 4.36 Å². The van der Waals surface area contributed by atoms with Crippen molar-refractivity contribution in [3.8, 4) is 0 Å². The van der Waals surface area contributed by atoms with Gasteiger partial charge in [0.25, 0.3) is 0 Å². The fourth-order valence-electron chi connectivity index (χ4n) is 1.52. The van der Waals surface area contributed by atoms with E-state index in [2.05, 4.69) is 0 Å². The predicted molar refractivity (Wildman–Crippen MR) is 56.9 cm³/mol. The summed E-state index contributed by atoms with van der Waals surface area (Å²) in [6.07, 6.45) is 1.60. The summed E-state index contributed by atoms with van der Waals surface area (Å²) in [7, 11) is -3.20. The number of sulfone groups is 1. The van der Waals surface area contributed by atoms with Crippen LogP contribution in [0.15, 0.2) is 40.8 Å². The summed E-state index contributed by atoms with van der Waals surface area (Å²) >= 11 is 5.62. The largest absolute Gasteiger partial charge is 0.223 e. The van der Waals surface area contributed by atoms with Crippen molar-refractivity contribution in [1.82, 2.24) is 0 Å². The summed E-state index contributed by atoms with van der Waals surface area (Å²) < 4.78 is 22.7. The van der Waals surface area contributed by atoms with E-state index < -0.39 is 9.84 Å². The van der Waals surface area contributed by atoms with Crippen LogP contribution in [0, 0.1) is 0 Å². The van der Waals surface area contributed by atoms with E-state index in [0.29, 0.717) is 0 Å². The molecule has 14 heavy (non-hydrogen) atoms. The molecule has 74 valence electrons. The topological polar surface area (TPSA) is 34.1 Å². The summed E-state index contributed by atoms with van der Waals surface area (Å²) in [6.45, 7) is 0. The average Bonchev–Trinajstić information content (AvgIpc) is 2.43. The molecule has 1 heterocycles. The number of halogens is 1. The summed E-state index contributed by atoms with van der Waals surface area (Å²) in [5, 5.41) is 0. The SMILES string of the molecule is O=S1(=O)CC(c2ccccc2)C=C1Cl. The maximum atomic E-state index is 11.3. The predicted octanol–water partition coefficient (Wildman–Crippen LogP) is 2.28. The van der Waals surface area contributed by atoms with E-state index in [1.165, 1.54) is 0 Å². The van der Waals surface area contributed by atoms with Gasteiger partial charge in [0.05, 0.1) is 5.75 Å². The van der Waals surface area contributed by atoms with Crippen molar-refractivity contribution >= 4 is 21.4 Å². The van der Waals surface area contributed by atoms with Crippen molar-refractivity contribution in [2.45, 2.75) is 5.92 Å². The van der Waals surface area contributed by atoms with Gasteiger partial charge in [-0.25, -0.2) is 8.42 Å². The van der Waals surface area contributed by atoms with Gasteiger partial charge in [0.15, 0.2) is 9.84 Å². The molecule has 0 saturated heterocycles. The quantitative estimate of drug-likeness (QED) is 0.739. The van der Waals surface area contributed by atoms with E-state index >= 15 is 0 Å². The first-order valence-electron chi connectivity index (χ1n) is 4.24. The van der Waals surface area contributed by atoms with E-state index in [-0.39, 0.29) is 16.0 Å². The number of benzene rings is 1. The lowest BCUT2D eigenvalue weighted by atomic mass is 10.0. The first-order chi connectivity index (χ1) is 6.59. The molecule has 0 spiro atoms. The highest BCUT2D eigenvalue weighted by atomic mass is 35.5. The Labute approximate surface area is 88.1 Å². The van der Waals surface area contributed by atoms with Gasteiger partial charge in [-0.3, -0.25) is 0 Å². The second-order valence-corrected chi connectivity index (χ2v) is 5.90. The molecule has 0 radical (unpaired) electrons. The third-order valence-corrected chi connectivity index (χ3v) is 4.62. The van der Waals surface area contributed by atoms with Gasteiger partial charge in [0.2, 0.25) is 0 Å². The van der Waals surface area contributed by atoms with Crippen molar-refractivity contribution in [3.63, 3.8) is 0 Å². The first kappa shape index (κ1) is 9.74. The maximum Gasteiger partial charge on any atom is 0.189 e. The Balaban J connectivity index is 2.35. The molecule has 1 unspecified atom stereocenters. The molecule has 1 aliphatic rings. The minimum absolute atomic E-state index is 0.0219. The fraction of sp³-hybridized carbons (Fsp3) is 0.200. The van der Waals surface area contributed by atoms with E-state index in [1.54, 1.807) is 6.08 Å². The molecule has 1 aromatic carbocycles. The molecule has 1 aromatic rings. The zero-order valence-corrected chi connectivity index (χ0v) is 8.92. The Bertz CT molecular complexity index is 462. The summed E-state index contributed by atoms with van der Waals surface area (Å²) in [5.41, 5.74) is 0.992. The molecule has 2 nitrogen and oxygen atoms in total. The highest BCUT2D eigenvalue weighted by Crippen LogP contribution is 2.32. The number of allylic oxidation sites excluding steroid dienone is 1. The maximum absolute atomic E-state index is 11.3. The minimum Gasteiger partial charge on any atom is -0.223 e. The van der Waals surface area contributed by atoms with Crippen molar-refractivity contribution in [2.24, 2.45) is 0 Å². The standard InChI is InChI=1S/C10H9ClO2S/c11-10-6-9(7-14(10,12)13)8-4-2-1-3-5-8/h1-6,9H,7H2. The third-order valence-electron chi connectivity index (χ3n) is 2.26. The minimum atomic E-state index is -3.20. The monoisotopic (exact) mass is 228 g/mol. The van der Waals surface area contributed by atoms with E-state index in [4.69, 9.17) is 11.6 Å². The first-order valence-corrected chi connectivity index (χ1v) is 6.27. The molecule has 2 rings (SSSR count). The summed E-state index contributed by atoms with van der Waals surface area (Å²) in [4.78, 5) is 0. The van der Waals surface area contributed by atoms with Crippen LogP contribution >= 0.6 is 11.6 Å². The van der Waals surface area contributed by atoms with Crippen molar-refractivity contribution < 1.29 is 8.42 Å². The van der Waals surface area contributed by atoms with Gasteiger partial charge in [-0.05, 0) is 11.6 Å². The zero-order valence-electron chi connectivity index (χ0n) is 7.35. The highest BCUT2D eigenvalue weighted by Gasteiger charge is 2.29. The molecule has 0 aliphatic carbocycles. The summed E-state index contributed by atoms with van der Waals surface area (Å²) in [6, 6.07) is 9.50. The second-order valence-electron chi connectivity index (χ2n) is 3.27. The van der Waals surface area contributed by atoms with Gasteiger partial charge >= 0.3 is 0 Å². The smallest absolute Gasteiger partial charge is 0.189 e. The van der Waals surface area contributed by atoms with Crippen LogP contribution in [0.1, 0.15) is 11.5 Å². The van der Waals surface area contributed by atoms with E-state index in [9.17, 15) is 8.42 Å². The molecule has 1 atom stereocenters. The molecular formula is C10H9ClO2S. The summed E-state index contributed by atoms with van der Waals surface area (Å²) in [5.74, 6) is 0.00394. The zero-order chi connectivity index (χ0) is 10.2. The van der Waals surface area contributed by atoms with Gasteiger partial charge in [-0.1, -0.05) is 41.9 Å². The van der Waals surface area contributed by atoms with Crippen LogP contribution in [-0.4, -0.2) is 14.2 Å². The molecule has 0 N–H and O–H groups in total. The molecule has 0 amide bonds. The van der Waals surface area contributed by atoms with Gasteiger partial charge < -0.3 is 0 Å². The number of rotatable bonds is 1. The lowest BCUT2D eigenvalue weighted by Crippen LogP contribution is -2.04. The highest BCUT2D eigenvalue weighted by molar-refractivity contribution is 7.97. The normalized spacial score (nSPS) is 24.6.